The number of nitrogens with one attached hydrogen (secondary N) is 1. The van der Waals surface area contributed by atoms with Gasteiger partial charge >= 0.3 is 0 Å². The molecule has 4 nitrogen and oxygen atoms in total. The molecular formula is C25H32N2O2. The Hall–Kier alpha value is -2.62. The number of carbonyl (C=O) groups excluding carboxylic acids is 2. The SMILES string of the molecule is CCCCCC(=O)N1CCc2ccccc2C1C(=O)Nc1c(C)cc(C)cc1C. The smallest absolute Gasteiger partial charge is 0.251 e. The summed E-state index contributed by atoms with van der Waals surface area (Å²) in [6.45, 7) is 8.80. The maximum atomic E-state index is 13.5. The largest absolute Gasteiger partial charge is 0.326 e. The van der Waals surface area contributed by atoms with Crippen molar-refractivity contribution in [2.24, 2.45) is 0 Å². The highest BCUT2D eigenvalue weighted by molar-refractivity contribution is 5.99. The van der Waals surface area contributed by atoms with E-state index in [1.165, 1.54) is 5.56 Å². The number of carbonyl (C=O) groups is 2. The highest BCUT2D eigenvalue weighted by atomic mass is 16.2. The molecule has 1 atom stereocenters. The second-order valence-electron chi connectivity index (χ2n) is 8.16. The first-order valence-electron chi connectivity index (χ1n) is 10.7. The third kappa shape index (κ3) is 4.69. The number of aryl methyl sites for hydroxylation is 3. The van der Waals surface area contributed by atoms with Gasteiger partial charge in [0.1, 0.15) is 6.04 Å². The third-order valence-electron chi connectivity index (χ3n) is 5.77. The third-order valence-corrected chi connectivity index (χ3v) is 5.77. The van der Waals surface area contributed by atoms with E-state index in [0.29, 0.717) is 13.0 Å². The molecule has 0 bridgehead atoms. The van der Waals surface area contributed by atoms with E-state index in [4.69, 9.17) is 0 Å². The molecule has 0 aromatic heterocycles. The van der Waals surface area contributed by atoms with Crippen LogP contribution < -0.4 is 5.32 Å². The number of fused-ring (bicyclic) bond motifs is 1. The average molecular weight is 393 g/mol. The lowest BCUT2D eigenvalue weighted by atomic mass is 9.91. The van der Waals surface area contributed by atoms with E-state index in [1.54, 1.807) is 4.90 Å². The predicted molar refractivity (Wildman–Crippen MR) is 118 cm³/mol. The zero-order valence-electron chi connectivity index (χ0n) is 18.0. The predicted octanol–water partition coefficient (Wildman–Crippen LogP) is 5.26. The van der Waals surface area contributed by atoms with Gasteiger partial charge in [0, 0.05) is 18.7 Å². The lowest BCUT2D eigenvalue weighted by molar-refractivity contribution is -0.139. The van der Waals surface area contributed by atoms with Crippen LogP contribution in [0.4, 0.5) is 5.69 Å². The van der Waals surface area contributed by atoms with Crippen molar-refractivity contribution in [1.29, 1.82) is 0 Å². The van der Waals surface area contributed by atoms with Crippen LogP contribution in [-0.4, -0.2) is 23.3 Å². The van der Waals surface area contributed by atoms with E-state index in [1.807, 2.05) is 32.0 Å². The molecule has 1 N–H and O–H groups in total. The topological polar surface area (TPSA) is 49.4 Å². The molecular weight excluding hydrogens is 360 g/mol. The Kier molecular flexibility index (Phi) is 6.73. The standard InChI is InChI=1S/C25H32N2O2/c1-5-6-7-12-22(28)27-14-13-20-10-8-9-11-21(20)24(27)25(29)26-23-18(3)15-17(2)16-19(23)4/h8-11,15-16,24H,5-7,12-14H2,1-4H3,(H,26,29). The molecule has 2 aromatic rings. The van der Waals surface area contributed by atoms with Gasteiger partial charge < -0.3 is 10.2 Å². The zero-order chi connectivity index (χ0) is 21.0. The fraction of sp³-hybridized carbons (Fsp3) is 0.440. The normalized spacial score (nSPS) is 15.7. The molecule has 1 aliphatic rings. The van der Waals surface area contributed by atoms with Gasteiger partial charge in [-0.15, -0.1) is 0 Å². The minimum atomic E-state index is -0.575. The van der Waals surface area contributed by atoms with Gasteiger partial charge in [0.25, 0.3) is 5.91 Å². The van der Waals surface area contributed by atoms with Gasteiger partial charge in [-0.2, -0.15) is 0 Å². The van der Waals surface area contributed by atoms with Gasteiger partial charge in [0.05, 0.1) is 0 Å². The summed E-state index contributed by atoms with van der Waals surface area (Å²) >= 11 is 0. The molecule has 29 heavy (non-hydrogen) atoms. The summed E-state index contributed by atoms with van der Waals surface area (Å²) in [5.74, 6) is -0.0542. The number of unbranched alkanes of at least 4 members (excludes halogenated alkanes) is 2. The van der Waals surface area contributed by atoms with Crippen LogP contribution in [0.1, 0.15) is 66.5 Å². The molecule has 2 aromatic carbocycles. The lowest BCUT2D eigenvalue weighted by Crippen LogP contribution is -2.45. The molecule has 0 radical (unpaired) electrons. The molecule has 3 rings (SSSR count). The van der Waals surface area contributed by atoms with Gasteiger partial charge in [-0.1, -0.05) is 61.7 Å². The summed E-state index contributed by atoms with van der Waals surface area (Å²) in [6.07, 6.45) is 4.28. The number of benzene rings is 2. The summed E-state index contributed by atoms with van der Waals surface area (Å²) in [5.41, 5.74) is 6.21. The first-order chi connectivity index (χ1) is 13.9. The van der Waals surface area contributed by atoms with Crippen LogP contribution >= 0.6 is 0 Å². The molecule has 154 valence electrons. The maximum absolute atomic E-state index is 13.5. The summed E-state index contributed by atoms with van der Waals surface area (Å²) in [4.78, 5) is 28.2. The molecule has 4 heteroatoms. The van der Waals surface area contributed by atoms with Gasteiger partial charge in [0.2, 0.25) is 5.91 Å². The Balaban J connectivity index is 1.91. The average Bonchev–Trinajstić information content (AvgIpc) is 2.69. The molecule has 1 unspecified atom stereocenters. The van der Waals surface area contributed by atoms with Crippen molar-refractivity contribution in [1.82, 2.24) is 4.90 Å². The van der Waals surface area contributed by atoms with Crippen LogP contribution in [0.3, 0.4) is 0 Å². The lowest BCUT2D eigenvalue weighted by Gasteiger charge is -2.36. The molecule has 0 fully saturated rings. The number of rotatable bonds is 6. The summed E-state index contributed by atoms with van der Waals surface area (Å²) < 4.78 is 0. The van der Waals surface area contributed by atoms with Gasteiger partial charge in [-0.3, -0.25) is 9.59 Å². The Labute approximate surface area is 174 Å². The minimum absolute atomic E-state index is 0.0745. The van der Waals surface area contributed by atoms with Crippen LogP contribution in [0, 0.1) is 20.8 Å². The number of hydrogen-bond acceptors (Lipinski definition) is 2. The molecule has 0 aliphatic carbocycles. The van der Waals surface area contributed by atoms with Gasteiger partial charge in [-0.25, -0.2) is 0 Å². The highest BCUT2D eigenvalue weighted by Gasteiger charge is 2.35. The van der Waals surface area contributed by atoms with Crippen molar-refractivity contribution in [3.8, 4) is 0 Å². The Morgan fingerprint density at radius 1 is 1.07 bits per heavy atom. The van der Waals surface area contributed by atoms with E-state index in [9.17, 15) is 9.59 Å². The molecule has 0 spiro atoms. The van der Waals surface area contributed by atoms with E-state index in [2.05, 4.69) is 37.4 Å². The summed E-state index contributed by atoms with van der Waals surface area (Å²) in [5, 5.41) is 3.14. The van der Waals surface area contributed by atoms with Crippen molar-refractivity contribution in [2.75, 3.05) is 11.9 Å². The summed E-state index contributed by atoms with van der Waals surface area (Å²) in [6, 6.07) is 11.6. The van der Waals surface area contributed by atoms with E-state index in [-0.39, 0.29) is 11.8 Å². The molecule has 2 amide bonds. The van der Waals surface area contributed by atoms with Crippen molar-refractivity contribution in [2.45, 2.75) is 65.8 Å². The Morgan fingerprint density at radius 2 is 1.76 bits per heavy atom. The van der Waals surface area contributed by atoms with Crippen molar-refractivity contribution < 1.29 is 9.59 Å². The zero-order valence-corrected chi connectivity index (χ0v) is 18.0. The Morgan fingerprint density at radius 3 is 2.45 bits per heavy atom. The maximum Gasteiger partial charge on any atom is 0.251 e. The van der Waals surface area contributed by atoms with E-state index >= 15 is 0 Å². The molecule has 1 heterocycles. The van der Waals surface area contributed by atoms with Crippen molar-refractivity contribution in [3.05, 3.63) is 64.2 Å². The van der Waals surface area contributed by atoms with E-state index in [0.717, 1.165) is 53.6 Å². The number of hydrogen-bond donors (Lipinski definition) is 1. The summed E-state index contributed by atoms with van der Waals surface area (Å²) in [7, 11) is 0. The minimum Gasteiger partial charge on any atom is -0.326 e. The van der Waals surface area contributed by atoms with Crippen LogP contribution in [0.2, 0.25) is 0 Å². The molecule has 0 saturated heterocycles. The number of nitrogens with zero attached hydrogens (tertiary/aromatic N) is 1. The van der Waals surface area contributed by atoms with Crippen LogP contribution in [-0.2, 0) is 16.0 Å². The molecule has 1 aliphatic heterocycles. The second kappa shape index (κ2) is 9.25. The number of amides is 2. The van der Waals surface area contributed by atoms with Crippen molar-refractivity contribution in [3.63, 3.8) is 0 Å². The highest BCUT2D eigenvalue weighted by Crippen LogP contribution is 2.32. The second-order valence-corrected chi connectivity index (χ2v) is 8.16. The first kappa shape index (κ1) is 21.1. The van der Waals surface area contributed by atoms with Gasteiger partial charge in [-0.05, 0) is 55.9 Å². The monoisotopic (exact) mass is 392 g/mol. The van der Waals surface area contributed by atoms with Crippen LogP contribution in [0.15, 0.2) is 36.4 Å². The van der Waals surface area contributed by atoms with Gasteiger partial charge in [0.15, 0.2) is 0 Å². The number of anilines is 1. The van der Waals surface area contributed by atoms with E-state index < -0.39 is 6.04 Å². The quantitative estimate of drug-likeness (QED) is 0.682. The Bertz CT molecular complexity index is 880. The van der Waals surface area contributed by atoms with Crippen molar-refractivity contribution >= 4 is 17.5 Å². The fourth-order valence-corrected chi connectivity index (χ4v) is 4.36. The first-order valence-corrected chi connectivity index (χ1v) is 10.7. The fourth-order valence-electron chi connectivity index (χ4n) is 4.36. The molecule has 0 saturated carbocycles. The van der Waals surface area contributed by atoms with Crippen LogP contribution in [0.5, 0.6) is 0 Å². The van der Waals surface area contributed by atoms with Crippen LogP contribution in [0.25, 0.3) is 0 Å².